The lowest BCUT2D eigenvalue weighted by molar-refractivity contribution is 0.166. The first-order valence-corrected chi connectivity index (χ1v) is 4.42. The summed E-state index contributed by atoms with van der Waals surface area (Å²) in [4.78, 5) is 0. The van der Waals surface area contributed by atoms with Gasteiger partial charge in [-0.3, -0.25) is 0 Å². The third-order valence-corrected chi connectivity index (χ3v) is 1.90. The zero-order valence-corrected chi connectivity index (χ0v) is 7.48. The fourth-order valence-electron chi connectivity index (χ4n) is 1.22. The number of nitrogens with zero attached hydrogens (tertiary/aromatic N) is 1. The first-order valence-electron chi connectivity index (χ1n) is 4.42. The van der Waals surface area contributed by atoms with Crippen LogP contribution in [0.5, 0.6) is 0 Å². The van der Waals surface area contributed by atoms with Gasteiger partial charge in [-0.2, -0.15) is 5.26 Å². The van der Waals surface area contributed by atoms with E-state index in [0.717, 1.165) is 5.56 Å². The van der Waals surface area contributed by atoms with Gasteiger partial charge in [-0.15, -0.1) is 0 Å². The molecule has 0 saturated carbocycles. The minimum absolute atomic E-state index is 0.387. The number of aliphatic hydroxyl groups excluding tert-OH is 1. The van der Waals surface area contributed by atoms with Crippen LogP contribution >= 0.6 is 0 Å². The smallest absolute Gasteiger partial charge is 0.0622 e. The molecule has 0 aliphatic carbocycles. The maximum absolute atomic E-state index is 9.48. The molecule has 0 spiro atoms. The Kier molecular flexibility index (Phi) is 4.01. The number of hydrogen-bond acceptors (Lipinski definition) is 2. The summed E-state index contributed by atoms with van der Waals surface area (Å²) < 4.78 is 0. The van der Waals surface area contributed by atoms with Crippen LogP contribution in [0, 0.1) is 11.3 Å². The van der Waals surface area contributed by atoms with E-state index in [1.807, 2.05) is 36.4 Å². The summed E-state index contributed by atoms with van der Waals surface area (Å²) in [5, 5.41) is 17.8. The average Bonchev–Trinajstić information content (AvgIpc) is 2.16. The van der Waals surface area contributed by atoms with Gasteiger partial charge in [0.15, 0.2) is 0 Å². The maximum Gasteiger partial charge on any atom is 0.0622 e. The van der Waals surface area contributed by atoms with Crippen LogP contribution in [0.2, 0.25) is 0 Å². The summed E-state index contributed by atoms with van der Waals surface area (Å²) in [6, 6.07) is 11.8. The molecule has 13 heavy (non-hydrogen) atoms. The fourth-order valence-corrected chi connectivity index (χ4v) is 1.22. The zero-order chi connectivity index (χ0) is 9.52. The van der Waals surface area contributed by atoms with Gasteiger partial charge >= 0.3 is 0 Å². The molecule has 0 aromatic heterocycles. The lowest BCUT2D eigenvalue weighted by atomic mass is 10.1. The number of aliphatic hydroxyl groups is 1. The Bertz CT molecular complexity index is 276. The van der Waals surface area contributed by atoms with Gasteiger partial charge in [0, 0.05) is 6.42 Å². The van der Waals surface area contributed by atoms with Gasteiger partial charge in [0.1, 0.15) is 0 Å². The van der Waals surface area contributed by atoms with E-state index in [1.54, 1.807) is 0 Å². The van der Waals surface area contributed by atoms with E-state index in [2.05, 4.69) is 0 Å². The third-order valence-electron chi connectivity index (χ3n) is 1.90. The molecule has 0 radical (unpaired) electrons. The molecule has 1 rings (SSSR count). The van der Waals surface area contributed by atoms with Crippen molar-refractivity contribution in [3.8, 4) is 6.07 Å². The number of nitriles is 1. The van der Waals surface area contributed by atoms with Crippen LogP contribution in [-0.4, -0.2) is 11.2 Å². The van der Waals surface area contributed by atoms with E-state index in [4.69, 9.17) is 5.26 Å². The summed E-state index contributed by atoms with van der Waals surface area (Å²) >= 11 is 0. The number of rotatable bonds is 4. The molecule has 68 valence electrons. The molecule has 0 amide bonds. The number of hydrogen-bond donors (Lipinski definition) is 1. The van der Waals surface area contributed by atoms with Gasteiger partial charge in [0.2, 0.25) is 0 Å². The van der Waals surface area contributed by atoms with Crippen LogP contribution in [0.3, 0.4) is 0 Å². The van der Waals surface area contributed by atoms with Gasteiger partial charge in [-0.25, -0.2) is 0 Å². The van der Waals surface area contributed by atoms with E-state index < -0.39 is 0 Å². The molecule has 1 aromatic carbocycles. The van der Waals surface area contributed by atoms with Crippen LogP contribution in [0.4, 0.5) is 0 Å². The third kappa shape index (κ3) is 3.73. The zero-order valence-electron chi connectivity index (χ0n) is 7.48. The fraction of sp³-hybridized carbons (Fsp3) is 0.364. The molecule has 0 unspecified atom stereocenters. The van der Waals surface area contributed by atoms with Gasteiger partial charge in [-0.05, 0) is 18.4 Å². The van der Waals surface area contributed by atoms with E-state index in [-0.39, 0.29) is 6.10 Å². The summed E-state index contributed by atoms with van der Waals surface area (Å²) in [7, 11) is 0. The predicted octanol–water partition coefficient (Wildman–Crippen LogP) is 1.89. The largest absolute Gasteiger partial charge is 0.393 e. The second-order valence-corrected chi connectivity index (χ2v) is 3.04. The van der Waals surface area contributed by atoms with E-state index in [1.165, 1.54) is 0 Å². The van der Waals surface area contributed by atoms with Crippen LogP contribution < -0.4 is 0 Å². The van der Waals surface area contributed by atoms with Crippen molar-refractivity contribution in [3.63, 3.8) is 0 Å². The van der Waals surface area contributed by atoms with E-state index in [9.17, 15) is 5.11 Å². The highest BCUT2D eigenvalue weighted by Gasteiger charge is 2.03. The standard InChI is InChI=1S/C11H13NO/c12-8-4-7-11(13)9-10-5-2-1-3-6-10/h1-3,5-6,11,13H,4,7,9H2/t11-/m0/s1. The van der Waals surface area contributed by atoms with Crippen LogP contribution in [0.15, 0.2) is 30.3 Å². The monoisotopic (exact) mass is 175 g/mol. The summed E-state index contributed by atoms with van der Waals surface area (Å²) in [6.45, 7) is 0. The van der Waals surface area contributed by atoms with Gasteiger partial charge in [0.25, 0.3) is 0 Å². The lowest BCUT2D eigenvalue weighted by Gasteiger charge is -2.07. The van der Waals surface area contributed by atoms with Crippen LogP contribution in [-0.2, 0) is 6.42 Å². The topological polar surface area (TPSA) is 44.0 Å². The predicted molar refractivity (Wildman–Crippen MR) is 51.0 cm³/mol. The van der Waals surface area contributed by atoms with Crippen molar-refractivity contribution in [3.05, 3.63) is 35.9 Å². The molecule has 2 nitrogen and oxygen atoms in total. The molecule has 1 atom stereocenters. The molecule has 0 aliphatic heterocycles. The second-order valence-electron chi connectivity index (χ2n) is 3.04. The molecule has 1 aromatic rings. The van der Waals surface area contributed by atoms with Gasteiger partial charge < -0.3 is 5.11 Å². The van der Waals surface area contributed by atoms with E-state index >= 15 is 0 Å². The quantitative estimate of drug-likeness (QED) is 0.759. The molecule has 0 fully saturated rings. The SMILES string of the molecule is N#CCC[C@H](O)Cc1ccccc1. The van der Waals surface area contributed by atoms with E-state index in [0.29, 0.717) is 19.3 Å². The molecule has 1 N–H and O–H groups in total. The Morgan fingerprint density at radius 2 is 2.00 bits per heavy atom. The maximum atomic E-state index is 9.48. The van der Waals surface area contributed by atoms with Gasteiger partial charge in [0.05, 0.1) is 12.2 Å². The van der Waals surface area contributed by atoms with Crippen molar-refractivity contribution in [2.75, 3.05) is 0 Å². The molecule has 0 aliphatic rings. The normalized spacial score (nSPS) is 12.0. The van der Waals surface area contributed by atoms with Crippen molar-refractivity contribution in [2.45, 2.75) is 25.4 Å². The first kappa shape index (κ1) is 9.76. The average molecular weight is 175 g/mol. The van der Waals surface area contributed by atoms with Crippen molar-refractivity contribution in [1.82, 2.24) is 0 Å². The molecule has 0 heterocycles. The minimum Gasteiger partial charge on any atom is -0.393 e. The molecule has 2 heteroatoms. The van der Waals surface area contributed by atoms with Crippen molar-refractivity contribution in [1.29, 1.82) is 5.26 Å². The summed E-state index contributed by atoms with van der Waals surface area (Å²) in [6.07, 6.45) is 1.24. The Hall–Kier alpha value is -1.33. The molecule has 0 bridgehead atoms. The minimum atomic E-state index is -0.387. The lowest BCUT2D eigenvalue weighted by Crippen LogP contribution is -2.09. The highest BCUT2D eigenvalue weighted by Crippen LogP contribution is 2.06. The van der Waals surface area contributed by atoms with Gasteiger partial charge in [-0.1, -0.05) is 30.3 Å². The Labute approximate surface area is 78.4 Å². The highest BCUT2D eigenvalue weighted by molar-refractivity contribution is 5.15. The highest BCUT2D eigenvalue weighted by atomic mass is 16.3. The molecule has 0 saturated heterocycles. The van der Waals surface area contributed by atoms with Crippen molar-refractivity contribution >= 4 is 0 Å². The molecular formula is C11H13NO. The molecular weight excluding hydrogens is 162 g/mol. The summed E-state index contributed by atoms with van der Waals surface area (Å²) in [5.74, 6) is 0. The Morgan fingerprint density at radius 3 is 2.62 bits per heavy atom. The van der Waals surface area contributed by atoms with Crippen LogP contribution in [0.25, 0.3) is 0 Å². The summed E-state index contributed by atoms with van der Waals surface area (Å²) in [5.41, 5.74) is 1.12. The van der Waals surface area contributed by atoms with Crippen LogP contribution in [0.1, 0.15) is 18.4 Å². The Morgan fingerprint density at radius 1 is 1.31 bits per heavy atom. The number of benzene rings is 1. The second kappa shape index (κ2) is 5.34. The van der Waals surface area contributed by atoms with Crippen molar-refractivity contribution in [2.24, 2.45) is 0 Å². The van der Waals surface area contributed by atoms with Crippen molar-refractivity contribution < 1.29 is 5.11 Å². The Balaban J connectivity index is 2.37. The first-order chi connectivity index (χ1) is 6.33.